The number of halogens is 4. The lowest BCUT2D eigenvalue weighted by molar-refractivity contribution is -0.141. The van der Waals surface area contributed by atoms with Gasteiger partial charge in [0, 0.05) is 43.1 Å². The average molecular weight is 1070 g/mol. The van der Waals surface area contributed by atoms with Crippen LogP contribution in [0.1, 0.15) is 25.9 Å². The van der Waals surface area contributed by atoms with E-state index in [1.807, 2.05) is 97.1 Å². The third kappa shape index (κ3) is 9.78. The van der Waals surface area contributed by atoms with E-state index >= 15 is 0 Å². The van der Waals surface area contributed by atoms with Crippen molar-refractivity contribution in [2.75, 3.05) is 26.4 Å². The number of aromatic nitrogens is 2. The molecule has 0 fully saturated rings. The van der Waals surface area contributed by atoms with Gasteiger partial charge in [0.2, 0.25) is 0 Å². The van der Waals surface area contributed by atoms with Gasteiger partial charge in [0.15, 0.2) is 0 Å². The van der Waals surface area contributed by atoms with Crippen LogP contribution in [0.4, 0.5) is 0 Å². The second-order valence-electron chi connectivity index (χ2n) is 13.8. The maximum Gasteiger partial charge on any atom is 0.326 e. The van der Waals surface area contributed by atoms with E-state index in [0.29, 0.717) is 37.9 Å². The van der Waals surface area contributed by atoms with Crippen molar-refractivity contribution in [3.05, 3.63) is 139 Å². The Morgan fingerprint density at radius 1 is 0.500 bits per heavy atom. The lowest BCUT2D eigenvalue weighted by Crippen LogP contribution is -2.14. The minimum Gasteiger partial charge on any atom is -0.490 e. The van der Waals surface area contributed by atoms with E-state index in [2.05, 4.69) is 75.9 Å². The fourth-order valence-electron chi connectivity index (χ4n) is 6.71. The van der Waals surface area contributed by atoms with Gasteiger partial charge in [-0.05, 0) is 152 Å². The Morgan fingerprint density at radius 2 is 0.900 bits per heavy atom. The molecule has 2 heterocycles. The maximum atomic E-state index is 11.2. The van der Waals surface area contributed by atoms with Gasteiger partial charge in [-0.1, -0.05) is 56.1 Å². The second kappa shape index (κ2) is 19.1. The number of benzene rings is 6. The minimum absolute atomic E-state index is 0.391. The highest BCUT2D eigenvalue weighted by molar-refractivity contribution is 9.11. The molecule has 8 rings (SSSR count). The normalized spacial score (nSPS) is 12.2. The number of carbonyl (C=O) groups is 2. The highest BCUT2D eigenvalue weighted by Crippen LogP contribution is 2.36. The zero-order valence-electron chi connectivity index (χ0n) is 32.3. The summed E-state index contributed by atoms with van der Waals surface area (Å²) in [5, 5.41) is 24.7. The molecule has 0 saturated carbocycles. The van der Waals surface area contributed by atoms with Gasteiger partial charge in [-0.3, -0.25) is 0 Å². The highest BCUT2D eigenvalue weighted by Gasteiger charge is 2.17. The smallest absolute Gasteiger partial charge is 0.326 e. The molecule has 0 unspecified atom stereocenters. The molecule has 308 valence electrons. The van der Waals surface area contributed by atoms with E-state index in [0.717, 1.165) is 72.7 Å². The molecule has 0 spiro atoms. The van der Waals surface area contributed by atoms with Gasteiger partial charge in [-0.2, -0.15) is 0 Å². The number of carboxylic acids is 2. The molecule has 2 aromatic heterocycles. The Hall–Kier alpha value is -5.02. The van der Waals surface area contributed by atoms with Crippen molar-refractivity contribution in [3.8, 4) is 23.0 Å². The van der Waals surface area contributed by atoms with Crippen LogP contribution in [0.5, 0.6) is 23.0 Å². The fourth-order valence-corrected chi connectivity index (χ4v) is 8.68. The van der Waals surface area contributed by atoms with E-state index in [9.17, 15) is 19.8 Å². The predicted molar refractivity (Wildman–Crippen MR) is 249 cm³/mol. The molecule has 14 heteroatoms. The van der Waals surface area contributed by atoms with Crippen molar-refractivity contribution >= 4 is 119 Å². The van der Waals surface area contributed by atoms with Crippen LogP contribution >= 0.6 is 63.7 Å². The first-order valence-corrected chi connectivity index (χ1v) is 22.0. The van der Waals surface area contributed by atoms with Crippen LogP contribution in [-0.2, 0) is 9.59 Å². The molecule has 0 amide bonds. The lowest BCUT2D eigenvalue weighted by atomic mass is 10.1. The van der Waals surface area contributed by atoms with Gasteiger partial charge in [-0.25, -0.2) is 9.59 Å². The van der Waals surface area contributed by atoms with Gasteiger partial charge in [-0.15, -0.1) is 0 Å². The van der Waals surface area contributed by atoms with Gasteiger partial charge in [0.1, 0.15) is 61.5 Å². The molecule has 2 N–H and O–H groups in total. The van der Waals surface area contributed by atoms with Crippen LogP contribution in [0, 0.1) is 0 Å². The SMILES string of the molecule is C[C@@H](C(=O)O)n1ccc2cc(OCCOc3ccc4cc(Br)ccc4c3Br)ccc21.C[C@H](C(=O)O)n1ccc2cc(OCCOc3ccc4cc(Br)ccc4c3Br)ccc21. The van der Waals surface area contributed by atoms with E-state index in [1.54, 1.807) is 35.4 Å². The van der Waals surface area contributed by atoms with E-state index in [4.69, 9.17) is 18.9 Å². The summed E-state index contributed by atoms with van der Waals surface area (Å²) in [7, 11) is 0. The number of rotatable bonds is 14. The van der Waals surface area contributed by atoms with Gasteiger partial charge >= 0.3 is 11.9 Å². The van der Waals surface area contributed by atoms with Crippen molar-refractivity contribution in [1.82, 2.24) is 9.13 Å². The van der Waals surface area contributed by atoms with Crippen LogP contribution < -0.4 is 18.9 Å². The van der Waals surface area contributed by atoms with Crippen LogP contribution in [0.2, 0.25) is 0 Å². The molecule has 0 aliphatic rings. The topological polar surface area (TPSA) is 121 Å². The van der Waals surface area contributed by atoms with E-state index < -0.39 is 24.0 Å². The van der Waals surface area contributed by atoms with Gasteiger partial charge in [0.05, 0.1) is 8.95 Å². The van der Waals surface area contributed by atoms with Crippen molar-refractivity contribution in [2.45, 2.75) is 25.9 Å². The summed E-state index contributed by atoms with van der Waals surface area (Å²) >= 11 is 14.2. The summed E-state index contributed by atoms with van der Waals surface area (Å²) in [6, 6.07) is 33.9. The zero-order valence-corrected chi connectivity index (χ0v) is 38.6. The summed E-state index contributed by atoms with van der Waals surface area (Å²) in [5.74, 6) is 1.24. The number of hydrogen-bond acceptors (Lipinski definition) is 6. The summed E-state index contributed by atoms with van der Waals surface area (Å²) in [4.78, 5) is 22.5. The first-order chi connectivity index (χ1) is 28.9. The lowest BCUT2D eigenvalue weighted by Gasteiger charge is -2.12. The molecule has 0 aliphatic heterocycles. The quantitative estimate of drug-likeness (QED) is 0.103. The number of hydrogen-bond donors (Lipinski definition) is 2. The third-order valence-corrected chi connectivity index (χ3v) is 12.5. The van der Waals surface area contributed by atoms with Crippen LogP contribution in [0.3, 0.4) is 0 Å². The number of aliphatic carboxylic acids is 2. The molecule has 10 nitrogen and oxygen atoms in total. The molecule has 0 radical (unpaired) electrons. The van der Waals surface area contributed by atoms with Crippen molar-refractivity contribution < 1.29 is 38.7 Å². The molecule has 0 saturated heterocycles. The second-order valence-corrected chi connectivity index (χ2v) is 17.2. The maximum absolute atomic E-state index is 11.2. The summed E-state index contributed by atoms with van der Waals surface area (Å²) in [6.07, 6.45) is 3.57. The zero-order chi connectivity index (χ0) is 42.5. The van der Waals surface area contributed by atoms with Crippen LogP contribution in [0.25, 0.3) is 43.4 Å². The first kappa shape index (κ1) is 43.1. The summed E-state index contributed by atoms with van der Waals surface area (Å²) in [6.45, 7) is 4.90. The molecule has 0 bridgehead atoms. The highest BCUT2D eigenvalue weighted by atomic mass is 79.9. The van der Waals surface area contributed by atoms with Gasteiger partial charge in [0.25, 0.3) is 0 Å². The van der Waals surface area contributed by atoms with E-state index in [-0.39, 0.29) is 0 Å². The molecular formula is C46H38Br4N2O8. The van der Waals surface area contributed by atoms with Crippen LogP contribution in [0.15, 0.2) is 139 Å². The molecule has 6 aromatic carbocycles. The number of nitrogens with zero attached hydrogens (tertiary/aromatic N) is 2. The Bertz CT molecular complexity index is 2660. The van der Waals surface area contributed by atoms with Crippen LogP contribution in [-0.4, -0.2) is 57.7 Å². The minimum atomic E-state index is -0.863. The average Bonchev–Trinajstić information content (AvgIpc) is 3.86. The largest absolute Gasteiger partial charge is 0.490 e. The Kier molecular flexibility index (Phi) is 13.7. The summed E-state index contributed by atoms with van der Waals surface area (Å²) in [5.41, 5.74) is 1.72. The van der Waals surface area contributed by atoms with Crippen molar-refractivity contribution in [1.29, 1.82) is 0 Å². The van der Waals surface area contributed by atoms with Gasteiger partial charge < -0.3 is 38.3 Å². The fraction of sp³-hybridized carbons (Fsp3) is 0.174. The first-order valence-electron chi connectivity index (χ1n) is 18.8. The molecular weight excluding hydrogens is 1030 g/mol. The standard InChI is InChI=1S/2C23H19Br2NO4/c2*1-14(23(27)28)26-9-8-16-13-18(4-6-20(16)26)29-10-11-30-21-7-2-15-12-17(24)3-5-19(15)22(21)25/h2*2-9,12-14H,10-11H2,1H3,(H,27,28)/t2*14-/m10/s1. The molecule has 2 atom stereocenters. The number of carboxylic acid groups (broad SMARTS) is 2. The van der Waals surface area contributed by atoms with Crippen molar-refractivity contribution in [3.63, 3.8) is 0 Å². The molecule has 0 aliphatic carbocycles. The Balaban J connectivity index is 0.000000181. The summed E-state index contributed by atoms with van der Waals surface area (Å²) < 4.78 is 30.8. The van der Waals surface area contributed by atoms with Crippen molar-refractivity contribution in [2.24, 2.45) is 0 Å². The third-order valence-electron chi connectivity index (χ3n) is 9.91. The Morgan fingerprint density at radius 3 is 1.30 bits per heavy atom. The molecule has 8 aromatic rings. The monoisotopic (exact) mass is 1060 g/mol. The number of ether oxygens (including phenoxy) is 4. The molecule has 60 heavy (non-hydrogen) atoms. The van der Waals surface area contributed by atoms with E-state index in [1.165, 1.54) is 0 Å². The number of fused-ring (bicyclic) bond motifs is 4. The predicted octanol–water partition coefficient (Wildman–Crippen LogP) is 12.8. The Labute approximate surface area is 379 Å².